The molecule has 0 radical (unpaired) electrons. The Labute approximate surface area is 106 Å². The van der Waals surface area contributed by atoms with Gasteiger partial charge in [-0.3, -0.25) is 0 Å². The Kier molecular flexibility index (Phi) is 4.83. The Morgan fingerprint density at radius 1 is 1.12 bits per heavy atom. The molecule has 0 aliphatic carbocycles. The second kappa shape index (κ2) is 6.17. The first-order chi connectivity index (χ1) is 8.19. The quantitative estimate of drug-likeness (QED) is 0.792. The normalized spacial score (nSPS) is 39.0. The van der Waals surface area contributed by atoms with Gasteiger partial charge in [0.05, 0.1) is 12.2 Å². The van der Waals surface area contributed by atoms with Crippen molar-refractivity contribution in [1.29, 1.82) is 0 Å². The van der Waals surface area contributed by atoms with E-state index in [0.29, 0.717) is 12.2 Å². The molecule has 100 valence electrons. The van der Waals surface area contributed by atoms with Crippen molar-refractivity contribution in [2.45, 2.75) is 45.8 Å². The molecule has 0 bridgehead atoms. The highest BCUT2D eigenvalue weighted by atomic mass is 16.5. The summed E-state index contributed by atoms with van der Waals surface area (Å²) in [6, 6.07) is 0. The zero-order valence-corrected chi connectivity index (χ0v) is 11.6. The minimum Gasteiger partial charge on any atom is -0.372 e. The second-order valence-electron chi connectivity index (χ2n) is 5.94. The Morgan fingerprint density at radius 2 is 1.76 bits per heavy atom. The number of nitrogens with one attached hydrogen (secondary N) is 1. The molecule has 0 aromatic heterocycles. The van der Waals surface area contributed by atoms with Gasteiger partial charge in [-0.1, -0.05) is 20.8 Å². The second-order valence-corrected chi connectivity index (χ2v) is 5.94. The molecule has 2 fully saturated rings. The topological polar surface area (TPSA) is 24.5 Å². The third-order valence-electron chi connectivity index (χ3n) is 4.34. The van der Waals surface area contributed by atoms with Gasteiger partial charge in [0.2, 0.25) is 0 Å². The van der Waals surface area contributed by atoms with Gasteiger partial charge in [-0.2, -0.15) is 0 Å². The predicted molar refractivity (Wildman–Crippen MR) is 71.2 cm³/mol. The largest absolute Gasteiger partial charge is 0.372 e. The molecule has 3 heteroatoms. The molecule has 0 amide bonds. The van der Waals surface area contributed by atoms with Gasteiger partial charge in [-0.05, 0) is 31.2 Å². The molecule has 2 aliphatic rings. The number of ether oxygens (including phenoxy) is 1. The van der Waals surface area contributed by atoms with Crippen molar-refractivity contribution in [2.75, 3.05) is 32.7 Å². The first kappa shape index (κ1) is 13.3. The van der Waals surface area contributed by atoms with Gasteiger partial charge in [0, 0.05) is 26.2 Å². The minimum absolute atomic E-state index is 0.456. The van der Waals surface area contributed by atoms with Gasteiger partial charge < -0.3 is 15.0 Å². The summed E-state index contributed by atoms with van der Waals surface area (Å²) in [5.74, 6) is 1.71. The third-order valence-corrected chi connectivity index (χ3v) is 4.34. The highest BCUT2D eigenvalue weighted by Crippen LogP contribution is 2.25. The van der Waals surface area contributed by atoms with Gasteiger partial charge >= 0.3 is 0 Å². The molecule has 2 rings (SSSR count). The van der Waals surface area contributed by atoms with Crippen LogP contribution in [0.5, 0.6) is 0 Å². The maximum atomic E-state index is 6.09. The Morgan fingerprint density at radius 3 is 2.41 bits per heavy atom. The lowest BCUT2D eigenvalue weighted by atomic mass is 10.0. The van der Waals surface area contributed by atoms with Crippen LogP contribution in [-0.4, -0.2) is 49.8 Å². The predicted octanol–water partition coefficient (Wildman–Crippen LogP) is 1.73. The minimum atomic E-state index is 0.456. The zero-order chi connectivity index (χ0) is 12.3. The van der Waals surface area contributed by atoms with Crippen LogP contribution in [0.15, 0.2) is 0 Å². The first-order valence-electron chi connectivity index (χ1n) is 7.27. The van der Waals surface area contributed by atoms with E-state index in [4.69, 9.17) is 4.74 Å². The number of hydrogen-bond acceptors (Lipinski definition) is 3. The molecule has 0 spiro atoms. The van der Waals surface area contributed by atoms with Crippen LogP contribution in [0.2, 0.25) is 0 Å². The fraction of sp³-hybridized carbons (Fsp3) is 1.00. The number of nitrogens with zero attached hydrogens (tertiary/aromatic N) is 1. The molecule has 2 heterocycles. The van der Waals surface area contributed by atoms with Crippen molar-refractivity contribution in [2.24, 2.45) is 11.8 Å². The van der Waals surface area contributed by atoms with Crippen molar-refractivity contribution >= 4 is 0 Å². The van der Waals surface area contributed by atoms with E-state index in [1.165, 1.54) is 25.9 Å². The van der Waals surface area contributed by atoms with E-state index in [-0.39, 0.29) is 0 Å². The summed E-state index contributed by atoms with van der Waals surface area (Å²) >= 11 is 0. The molecular formula is C14H28N2O. The molecule has 0 aromatic rings. The summed E-state index contributed by atoms with van der Waals surface area (Å²) in [6.45, 7) is 12.6. The molecule has 0 saturated carbocycles. The number of likely N-dealkylation sites (N-methyl/N-ethyl adjacent to an activating group) is 1. The van der Waals surface area contributed by atoms with E-state index in [0.717, 1.165) is 31.5 Å². The Balaban J connectivity index is 1.67. The summed E-state index contributed by atoms with van der Waals surface area (Å²) in [5.41, 5.74) is 0. The standard InChI is InChI=1S/C14H28N2O/c1-4-15-7-13-5-6-14(17-13)10-16-8-11(2)12(3)9-16/h11-15H,4-10H2,1-3H3. The van der Waals surface area contributed by atoms with Crippen LogP contribution >= 0.6 is 0 Å². The van der Waals surface area contributed by atoms with Crippen molar-refractivity contribution in [3.63, 3.8) is 0 Å². The highest BCUT2D eigenvalue weighted by molar-refractivity contribution is 4.83. The lowest BCUT2D eigenvalue weighted by molar-refractivity contribution is 0.0269. The lowest BCUT2D eigenvalue weighted by Gasteiger charge is -2.21. The summed E-state index contributed by atoms with van der Waals surface area (Å²) in [4.78, 5) is 2.59. The fourth-order valence-corrected chi connectivity index (χ4v) is 3.06. The van der Waals surface area contributed by atoms with Gasteiger partial charge in [-0.25, -0.2) is 0 Å². The summed E-state index contributed by atoms with van der Waals surface area (Å²) in [5, 5.41) is 3.38. The molecule has 17 heavy (non-hydrogen) atoms. The number of hydrogen-bond donors (Lipinski definition) is 1. The third kappa shape index (κ3) is 3.67. The summed E-state index contributed by atoms with van der Waals surface area (Å²) in [6.07, 6.45) is 3.42. The van der Waals surface area contributed by atoms with Crippen LogP contribution in [0.3, 0.4) is 0 Å². The van der Waals surface area contributed by atoms with E-state index in [2.05, 4.69) is 31.0 Å². The highest BCUT2D eigenvalue weighted by Gasteiger charge is 2.31. The maximum Gasteiger partial charge on any atom is 0.0707 e. The Hall–Kier alpha value is -0.120. The average Bonchev–Trinajstić information content (AvgIpc) is 2.85. The first-order valence-corrected chi connectivity index (χ1v) is 7.27. The fourth-order valence-electron chi connectivity index (χ4n) is 3.06. The number of likely N-dealkylation sites (tertiary alicyclic amines) is 1. The molecule has 0 aromatic carbocycles. The molecule has 4 atom stereocenters. The number of rotatable bonds is 5. The lowest BCUT2D eigenvalue weighted by Crippen LogP contribution is -2.32. The molecule has 1 N–H and O–H groups in total. The van der Waals surface area contributed by atoms with Crippen LogP contribution in [-0.2, 0) is 4.74 Å². The van der Waals surface area contributed by atoms with E-state index in [1.807, 2.05) is 0 Å². The zero-order valence-electron chi connectivity index (χ0n) is 11.6. The van der Waals surface area contributed by atoms with E-state index in [9.17, 15) is 0 Å². The average molecular weight is 240 g/mol. The van der Waals surface area contributed by atoms with Gasteiger partial charge in [-0.15, -0.1) is 0 Å². The monoisotopic (exact) mass is 240 g/mol. The molecule has 4 unspecified atom stereocenters. The van der Waals surface area contributed by atoms with Crippen molar-refractivity contribution in [3.8, 4) is 0 Å². The van der Waals surface area contributed by atoms with Crippen LogP contribution in [0.4, 0.5) is 0 Å². The van der Waals surface area contributed by atoms with Crippen LogP contribution < -0.4 is 5.32 Å². The molecule has 2 saturated heterocycles. The van der Waals surface area contributed by atoms with E-state index >= 15 is 0 Å². The Bertz CT molecular complexity index is 224. The van der Waals surface area contributed by atoms with Crippen LogP contribution in [0, 0.1) is 11.8 Å². The van der Waals surface area contributed by atoms with Crippen molar-refractivity contribution in [3.05, 3.63) is 0 Å². The van der Waals surface area contributed by atoms with E-state index in [1.54, 1.807) is 0 Å². The molecule has 2 aliphatic heterocycles. The van der Waals surface area contributed by atoms with Crippen molar-refractivity contribution in [1.82, 2.24) is 10.2 Å². The van der Waals surface area contributed by atoms with Gasteiger partial charge in [0.25, 0.3) is 0 Å². The van der Waals surface area contributed by atoms with Gasteiger partial charge in [0.15, 0.2) is 0 Å². The summed E-state index contributed by atoms with van der Waals surface area (Å²) < 4.78 is 6.09. The molecular weight excluding hydrogens is 212 g/mol. The van der Waals surface area contributed by atoms with E-state index < -0.39 is 0 Å². The van der Waals surface area contributed by atoms with Gasteiger partial charge in [0.1, 0.15) is 0 Å². The van der Waals surface area contributed by atoms with Crippen LogP contribution in [0.1, 0.15) is 33.6 Å². The van der Waals surface area contributed by atoms with Crippen LogP contribution in [0.25, 0.3) is 0 Å². The van der Waals surface area contributed by atoms with Crippen molar-refractivity contribution < 1.29 is 4.74 Å². The smallest absolute Gasteiger partial charge is 0.0707 e. The SMILES string of the molecule is CCNCC1CCC(CN2CC(C)C(C)C2)O1. The maximum absolute atomic E-state index is 6.09. The molecule has 3 nitrogen and oxygen atoms in total. The summed E-state index contributed by atoms with van der Waals surface area (Å²) in [7, 11) is 0.